The molecule has 0 aliphatic rings. The van der Waals surface area contributed by atoms with E-state index in [1.807, 2.05) is 0 Å². The van der Waals surface area contributed by atoms with Gasteiger partial charge in [-0.2, -0.15) is 0 Å². The predicted molar refractivity (Wildman–Crippen MR) is 275 cm³/mol. The summed E-state index contributed by atoms with van der Waals surface area (Å²) in [5.74, 6) is -0.868. The molecule has 1 atom stereocenters. The van der Waals surface area contributed by atoms with Crippen molar-refractivity contribution in [2.24, 2.45) is 0 Å². The Bertz CT molecular complexity index is 1040. The highest BCUT2D eigenvalue weighted by Gasteiger charge is 2.19. The Morgan fingerprint density at radius 3 is 0.828 bits per heavy atom. The van der Waals surface area contributed by atoms with Crippen LogP contribution in [0.1, 0.15) is 310 Å². The van der Waals surface area contributed by atoms with E-state index in [4.69, 9.17) is 14.2 Å². The first-order valence-electron chi connectivity index (χ1n) is 28.3. The van der Waals surface area contributed by atoms with Crippen molar-refractivity contribution in [1.29, 1.82) is 0 Å². The van der Waals surface area contributed by atoms with Gasteiger partial charge in [0.1, 0.15) is 13.2 Å². The van der Waals surface area contributed by atoms with Gasteiger partial charge in [-0.15, -0.1) is 0 Å². The molecule has 0 radical (unpaired) electrons. The molecule has 0 aromatic heterocycles. The fraction of sp³-hybridized carbons (Fsp3) is 0.879. The van der Waals surface area contributed by atoms with Crippen molar-refractivity contribution in [1.82, 2.24) is 0 Å². The zero-order valence-corrected chi connectivity index (χ0v) is 43.1. The molecule has 64 heavy (non-hydrogen) atoms. The first kappa shape index (κ1) is 61.9. The van der Waals surface area contributed by atoms with E-state index in [2.05, 4.69) is 45.1 Å². The molecule has 0 saturated carbocycles. The smallest absolute Gasteiger partial charge is 0.306 e. The van der Waals surface area contributed by atoms with E-state index in [0.717, 1.165) is 64.2 Å². The van der Waals surface area contributed by atoms with Gasteiger partial charge in [0, 0.05) is 19.3 Å². The minimum Gasteiger partial charge on any atom is -0.462 e. The van der Waals surface area contributed by atoms with E-state index >= 15 is 0 Å². The standard InChI is InChI=1S/C58H108O6/c1-4-7-10-13-16-19-22-24-26-28-30-31-33-36-39-42-45-48-51-57(60)63-54-55(53-62-56(59)50-47-44-41-38-35-21-18-15-12-9-6-3)64-58(61)52-49-46-43-40-37-34-32-29-27-25-23-20-17-14-11-8-5-2/h15,18,26,28,55H,4-14,16-17,19-25,27,29-54H2,1-3H3/b18-15-,28-26-. The lowest BCUT2D eigenvalue weighted by atomic mass is 10.0. The monoisotopic (exact) mass is 901 g/mol. The molecule has 6 heteroatoms. The third-order valence-corrected chi connectivity index (χ3v) is 12.7. The second-order valence-electron chi connectivity index (χ2n) is 19.2. The molecule has 0 spiro atoms. The zero-order valence-electron chi connectivity index (χ0n) is 43.1. The maximum Gasteiger partial charge on any atom is 0.306 e. The van der Waals surface area contributed by atoms with Gasteiger partial charge >= 0.3 is 17.9 Å². The van der Waals surface area contributed by atoms with E-state index < -0.39 is 6.10 Å². The summed E-state index contributed by atoms with van der Waals surface area (Å²) in [6.45, 7) is 6.63. The fourth-order valence-corrected chi connectivity index (χ4v) is 8.36. The van der Waals surface area contributed by atoms with Gasteiger partial charge in [-0.1, -0.05) is 251 Å². The molecule has 0 aliphatic heterocycles. The number of hydrogen-bond acceptors (Lipinski definition) is 6. The van der Waals surface area contributed by atoms with Crippen LogP contribution in [0.25, 0.3) is 0 Å². The van der Waals surface area contributed by atoms with Crippen molar-refractivity contribution >= 4 is 17.9 Å². The zero-order chi connectivity index (χ0) is 46.5. The van der Waals surface area contributed by atoms with E-state index in [1.165, 1.54) is 205 Å². The lowest BCUT2D eigenvalue weighted by Crippen LogP contribution is -2.30. The normalized spacial score (nSPS) is 12.1. The molecule has 0 heterocycles. The number of hydrogen-bond donors (Lipinski definition) is 0. The van der Waals surface area contributed by atoms with Crippen LogP contribution in [0.3, 0.4) is 0 Å². The SMILES string of the molecule is CCCC/C=C\CCCCCCCC(=O)OCC(COC(=O)CCCCCCCCC/C=C\CCCCCCCCC)OC(=O)CCCCCCCCCCCCCCCCCCC. The van der Waals surface area contributed by atoms with Crippen molar-refractivity contribution in [3.63, 3.8) is 0 Å². The summed E-state index contributed by atoms with van der Waals surface area (Å²) in [7, 11) is 0. The summed E-state index contributed by atoms with van der Waals surface area (Å²) in [5.41, 5.74) is 0. The summed E-state index contributed by atoms with van der Waals surface area (Å²) in [4.78, 5) is 38.1. The van der Waals surface area contributed by atoms with Gasteiger partial charge in [-0.05, 0) is 64.2 Å². The largest absolute Gasteiger partial charge is 0.462 e. The van der Waals surface area contributed by atoms with Gasteiger partial charge in [0.2, 0.25) is 0 Å². The van der Waals surface area contributed by atoms with E-state index in [-0.39, 0.29) is 31.1 Å². The van der Waals surface area contributed by atoms with Gasteiger partial charge in [-0.25, -0.2) is 0 Å². The minimum absolute atomic E-state index is 0.0721. The van der Waals surface area contributed by atoms with Gasteiger partial charge in [0.15, 0.2) is 6.10 Å². The number of allylic oxidation sites excluding steroid dienone is 4. The highest BCUT2D eigenvalue weighted by atomic mass is 16.6. The lowest BCUT2D eigenvalue weighted by Gasteiger charge is -2.18. The van der Waals surface area contributed by atoms with Crippen LogP contribution in [-0.2, 0) is 28.6 Å². The molecule has 0 bridgehead atoms. The number of esters is 3. The van der Waals surface area contributed by atoms with Crippen LogP contribution in [0.5, 0.6) is 0 Å². The Balaban J connectivity index is 4.30. The molecule has 0 aliphatic carbocycles. The second kappa shape index (κ2) is 53.5. The molecule has 0 N–H and O–H groups in total. The number of carbonyl (C=O) groups excluding carboxylic acids is 3. The Hall–Kier alpha value is -2.11. The minimum atomic E-state index is -0.772. The van der Waals surface area contributed by atoms with Crippen LogP contribution in [0.4, 0.5) is 0 Å². The average Bonchev–Trinajstić information content (AvgIpc) is 3.29. The quantitative estimate of drug-likeness (QED) is 0.0262. The summed E-state index contributed by atoms with van der Waals surface area (Å²) in [5, 5.41) is 0. The van der Waals surface area contributed by atoms with Crippen molar-refractivity contribution < 1.29 is 28.6 Å². The summed E-state index contributed by atoms with van der Waals surface area (Å²) in [6, 6.07) is 0. The Kier molecular flexibility index (Phi) is 51.7. The van der Waals surface area contributed by atoms with Gasteiger partial charge < -0.3 is 14.2 Å². The van der Waals surface area contributed by atoms with Crippen molar-refractivity contribution in [3.8, 4) is 0 Å². The maximum atomic E-state index is 12.8. The molecular weight excluding hydrogens is 793 g/mol. The molecule has 0 aromatic rings. The number of carbonyl (C=O) groups is 3. The first-order chi connectivity index (χ1) is 31.5. The Morgan fingerprint density at radius 1 is 0.297 bits per heavy atom. The molecule has 0 amide bonds. The molecule has 0 aromatic carbocycles. The first-order valence-corrected chi connectivity index (χ1v) is 28.3. The Morgan fingerprint density at radius 2 is 0.531 bits per heavy atom. The van der Waals surface area contributed by atoms with Crippen LogP contribution in [-0.4, -0.2) is 37.2 Å². The molecule has 0 fully saturated rings. The number of rotatable bonds is 52. The maximum absolute atomic E-state index is 12.8. The number of ether oxygens (including phenoxy) is 3. The van der Waals surface area contributed by atoms with Crippen molar-refractivity contribution in [3.05, 3.63) is 24.3 Å². The predicted octanol–water partition coefficient (Wildman–Crippen LogP) is 18.7. The average molecular weight is 901 g/mol. The van der Waals surface area contributed by atoms with Crippen LogP contribution >= 0.6 is 0 Å². The van der Waals surface area contributed by atoms with Crippen molar-refractivity contribution in [2.45, 2.75) is 316 Å². The van der Waals surface area contributed by atoms with Crippen LogP contribution in [0, 0.1) is 0 Å². The summed E-state index contributed by atoms with van der Waals surface area (Å²) >= 11 is 0. The summed E-state index contributed by atoms with van der Waals surface area (Å²) in [6.07, 6.45) is 61.7. The van der Waals surface area contributed by atoms with Crippen LogP contribution in [0.15, 0.2) is 24.3 Å². The topological polar surface area (TPSA) is 78.9 Å². The second-order valence-corrected chi connectivity index (χ2v) is 19.2. The van der Waals surface area contributed by atoms with E-state index in [0.29, 0.717) is 19.3 Å². The number of unbranched alkanes of at least 4 members (excludes halogenated alkanes) is 37. The molecule has 6 nitrogen and oxygen atoms in total. The highest BCUT2D eigenvalue weighted by molar-refractivity contribution is 5.71. The summed E-state index contributed by atoms with van der Waals surface area (Å²) < 4.78 is 16.8. The third-order valence-electron chi connectivity index (χ3n) is 12.7. The van der Waals surface area contributed by atoms with Crippen LogP contribution < -0.4 is 0 Å². The van der Waals surface area contributed by atoms with E-state index in [1.54, 1.807) is 0 Å². The van der Waals surface area contributed by atoms with Gasteiger partial charge in [-0.3, -0.25) is 14.4 Å². The molecule has 0 rings (SSSR count). The molecular formula is C58H108O6. The molecule has 376 valence electrons. The fourth-order valence-electron chi connectivity index (χ4n) is 8.36. The lowest BCUT2D eigenvalue weighted by molar-refractivity contribution is -0.167. The third kappa shape index (κ3) is 50.9. The molecule has 1 unspecified atom stereocenters. The Labute approximate surface area is 398 Å². The highest BCUT2D eigenvalue weighted by Crippen LogP contribution is 2.16. The van der Waals surface area contributed by atoms with Crippen molar-refractivity contribution in [2.75, 3.05) is 13.2 Å². The van der Waals surface area contributed by atoms with E-state index in [9.17, 15) is 14.4 Å². The molecule has 0 saturated heterocycles. The van der Waals surface area contributed by atoms with Gasteiger partial charge in [0.05, 0.1) is 0 Å². The van der Waals surface area contributed by atoms with Crippen LogP contribution in [0.2, 0.25) is 0 Å². The van der Waals surface area contributed by atoms with Gasteiger partial charge in [0.25, 0.3) is 0 Å².